The third-order valence-electron chi connectivity index (χ3n) is 3.85. The summed E-state index contributed by atoms with van der Waals surface area (Å²) in [7, 11) is 0. The summed E-state index contributed by atoms with van der Waals surface area (Å²) in [4.78, 5) is 4.84. The zero-order valence-corrected chi connectivity index (χ0v) is 12.7. The smallest absolute Gasteiger partial charge is 0.145 e. The molecule has 1 aliphatic rings. The number of hydrogen-bond acceptors (Lipinski definition) is 4. The molecule has 5 nitrogen and oxygen atoms in total. The van der Waals surface area contributed by atoms with Crippen molar-refractivity contribution in [2.75, 3.05) is 43.4 Å². The molecule has 0 atom stereocenters. The number of aromatic nitrogens is 2. The second-order valence-electron chi connectivity index (χ2n) is 5.31. The van der Waals surface area contributed by atoms with Crippen LogP contribution in [0.4, 0.5) is 11.5 Å². The molecule has 1 saturated heterocycles. The first-order valence-corrected chi connectivity index (χ1v) is 7.60. The van der Waals surface area contributed by atoms with Crippen LogP contribution in [-0.2, 0) is 6.54 Å². The molecule has 0 amide bonds. The van der Waals surface area contributed by atoms with Gasteiger partial charge in [0.05, 0.1) is 6.54 Å². The number of rotatable bonds is 4. The van der Waals surface area contributed by atoms with Crippen LogP contribution in [0.25, 0.3) is 0 Å². The molecule has 1 aromatic carbocycles. The summed E-state index contributed by atoms with van der Waals surface area (Å²) in [6.07, 6.45) is 1.93. The number of benzene rings is 1. The van der Waals surface area contributed by atoms with Crippen LogP contribution >= 0.6 is 11.6 Å². The van der Waals surface area contributed by atoms with Crippen LogP contribution in [0.15, 0.2) is 36.5 Å². The van der Waals surface area contributed by atoms with Gasteiger partial charge in [0, 0.05) is 49.6 Å². The van der Waals surface area contributed by atoms with Crippen LogP contribution in [0.1, 0.15) is 0 Å². The number of nitrogens with two attached hydrogens (primary N) is 1. The van der Waals surface area contributed by atoms with Crippen molar-refractivity contribution in [2.45, 2.75) is 6.54 Å². The molecule has 112 valence electrons. The Bertz CT molecular complexity index is 589. The van der Waals surface area contributed by atoms with Crippen molar-refractivity contribution in [2.24, 2.45) is 0 Å². The normalized spacial score (nSPS) is 16.3. The van der Waals surface area contributed by atoms with E-state index in [1.807, 2.05) is 35.1 Å². The van der Waals surface area contributed by atoms with E-state index in [0.717, 1.165) is 44.3 Å². The molecule has 2 heterocycles. The molecule has 0 saturated carbocycles. The van der Waals surface area contributed by atoms with Gasteiger partial charge in [0.1, 0.15) is 5.82 Å². The molecule has 1 aliphatic heterocycles. The molecule has 3 rings (SSSR count). The predicted octanol–water partition coefficient (Wildman–Crippen LogP) is 1.94. The van der Waals surface area contributed by atoms with Gasteiger partial charge in [-0.05, 0) is 24.3 Å². The highest BCUT2D eigenvalue weighted by Gasteiger charge is 2.17. The molecule has 0 aliphatic carbocycles. The van der Waals surface area contributed by atoms with Gasteiger partial charge in [0.25, 0.3) is 0 Å². The van der Waals surface area contributed by atoms with E-state index in [1.54, 1.807) is 0 Å². The summed E-state index contributed by atoms with van der Waals surface area (Å²) in [6.45, 7) is 6.06. The first-order valence-electron chi connectivity index (χ1n) is 7.22. The predicted molar refractivity (Wildman–Crippen MR) is 86.7 cm³/mol. The molecule has 0 unspecified atom stereocenters. The minimum absolute atomic E-state index is 0.584. The Morgan fingerprint density at radius 1 is 1.10 bits per heavy atom. The van der Waals surface area contributed by atoms with E-state index in [4.69, 9.17) is 17.3 Å². The molecule has 1 fully saturated rings. The Kier molecular flexibility index (Phi) is 4.31. The standard InChI is InChI=1S/C15H20ClN5/c16-13-2-1-3-14(12-13)20-9-6-19(7-10-20)8-11-21-5-4-15(17)18-21/h1-5,12H,6-11H2,(H2,17,18). The van der Waals surface area contributed by atoms with Gasteiger partial charge < -0.3 is 10.6 Å². The summed E-state index contributed by atoms with van der Waals surface area (Å²) in [5.41, 5.74) is 6.83. The summed E-state index contributed by atoms with van der Waals surface area (Å²) in [5, 5.41) is 5.01. The van der Waals surface area contributed by atoms with E-state index in [2.05, 4.69) is 21.0 Å². The lowest BCUT2D eigenvalue weighted by molar-refractivity contribution is 0.244. The molecule has 21 heavy (non-hydrogen) atoms. The highest BCUT2D eigenvalue weighted by Crippen LogP contribution is 2.20. The van der Waals surface area contributed by atoms with E-state index in [9.17, 15) is 0 Å². The Morgan fingerprint density at radius 2 is 1.90 bits per heavy atom. The van der Waals surface area contributed by atoms with Gasteiger partial charge in [-0.1, -0.05) is 17.7 Å². The minimum Gasteiger partial charge on any atom is -0.382 e. The molecule has 2 N–H and O–H groups in total. The number of anilines is 2. The van der Waals surface area contributed by atoms with Crippen LogP contribution in [0.5, 0.6) is 0 Å². The zero-order chi connectivity index (χ0) is 14.7. The van der Waals surface area contributed by atoms with Crippen LogP contribution in [0, 0.1) is 0 Å². The number of piperazine rings is 1. The fourth-order valence-corrected chi connectivity index (χ4v) is 2.83. The van der Waals surface area contributed by atoms with Crippen molar-refractivity contribution in [3.63, 3.8) is 0 Å². The maximum absolute atomic E-state index is 6.06. The largest absolute Gasteiger partial charge is 0.382 e. The van der Waals surface area contributed by atoms with Gasteiger partial charge in [0.15, 0.2) is 0 Å². The lowest BCUT2D eigenvalue weighted by Crippen LogP contribution is -2.47. The summed E-state index contributed by atoms with van der Waals surface area (Å²) in [6, 6.07) is 9.90. The molecular weight excluding hydrogens is 286 g/mol. The van der Waals surface area contributed by atoms with Crippen LogP contribution < -0.4 is 10.6 Å². The maximum atomic E-state index is 6.06. The van der Waals surface area contributed by atoms with Gasteiger partial charge in [0.2, 0.25) is 0 Å². The van der Waals surface area contributed by atoms with Crippen molar-refractivity contribution in [3.8, 4) is 0 Å². The average molecular weight is 306 g/mol. The zero-order valence-electron chi connectivity index (χ0n) is 12.0. The summed E-state index contributed by atoms with van der Waals surface area (Å²) < 4.78 is 1.90. The lowest BCUT2D eigenvalue weighted by atomic mass is 10.2. The van der Waals surface area contributed by atoms with Gasteiger partial charge in [-0.15, -0.1) is 0 Å². The molecule has 2 aromatic rings. The molecule has 0 bridgehead atoms. The third-order valence-corrected chi connectivity index (χ3v) is 4.09. The summed E-state index contributed by atoms with van der Waals surface area (Å²) in [5.74, 6) is 0.584. The van der Waals surface area contributed by atoms with Gasteiger partial charge in [-0.2, -0.15) is 5.10 Å². The minimum atomic E-state index is 0.584. The third kappa shape index (κ3) is 3.68. The van der Waals surface area contributed by atoms with E-state index in [1.165, 1.54) is 5.69 Å². The maximum Gasteiger partial charge on any atom is 0.145 e. The van der Waals surface area contributed by atoms with Crippen LogP contribution in [0.2, 0.25) is 5.02 Å². The lowest BCUT2D eigenvalue weighted by Gasteiger charge is -2.36. The quantitative estimate of drug-likeness (QED) is 0.938. The summed E-state index contributed by atoms with van der Waals surface area (Å²) >= 11 is 6.06. The molecule has 1 aromatic heterocycles. The number of halogens is 1. The van der Waals surface area contributed by atoms with Crippen molar-refractivity contribution in [1.29, 1.82) is 0 Å². The number of nitrogens with zero attached hydrogens (tertiary/aromatic N) is 4. The molecular formula is C15H20ClN5. The van der Waals surface area contributed by atoms with E-state index in [-0.39, 0.29) is 0 Å². The molecule has 6 heteroatoms. The number of nitrogen functional groups attached to an aromatic ring is 1. The first kappa shape index (κ1) is 14.2. The first-order chi connectivity index (χ1) is 10.2. The van der Waals surface area contributed by atoms with E-state index < -0.39 is 0 Å². The van der Waals surface area contributed by atoms with E-state index in [0.29, 0.717) is 5.82 Å². The fourth-order valence-electron chi connectivity index (χ4n) is 2.65. The topological polar surface area (TPSA) is 50.3 Å². The van der Waals surface area contributed by atoms with Crippen molar-refractivity contribution < 1.29 is 0 Å². The second-order valence-corrected chi connectivity index (χ2v) is 5.75. The van der Waals surface area contributed by atoms with Crippen LogP contribution in [0.3, 0.4) is 0 Å². The van der Waals surface area contributed by atoms with Gasteiger partial charge in [-0.25, -0.2) is 0 Å². The second kappa shape index (κ2) is 6.37. The van der Waals surface area contributed by atoms with Crippen molar-refractivity contribution in [1.82, 2.24) is 14.7 Å². The Balaban J connectivity index is 1.49. The highest BCUT2D eigenvalue weighted by atomic mass is 35.5. The Labute approximate surface area is 129 Å². The fraction of sp³-hybridized carbons (Fsp3) is 0.400. The SMILES string of the molecule is Nc1ccn(CCN2CCN(c3cccc(Cl)c3)CC2)n1. The van der Waals surface area contributed by atoms with Crippen molar-refractivity contribution in [3.05, 3.63) is 41.6 Å². The van der Waals surface area contributed by atoms with Gasteiger partial charge >= 0.3 is 0 Å². The monoisotopic (exact) mass is 305 g/mol. The van der Waals surface area contributed by atoms with Crippen LogP contribution in [-0.4, -0.2) is 47.4 Å². The average Bonchev–Trinajstić information content (AvgIpc) is 2.91. The molecule has 0 radical (unpaired) electrons. The Hall–Kier alpha value is -1.72. The van der Waals surface area contributed by atoms with Crippen molar-refractivity contribution >= 4 is 23.1 Å². The van der Waals surface area contributed by atoms with Gasteiger partial charge in [-0.3, -0.25) is 9.58 Å². The Morgan fingerprint density at radius 3 is 2.57 bits per heavy atom. The highest BCUT2D eigenvalue weighted by molar-refractivity contribution is 6.30. The molecule has 0 spiro atoms. The van der Waals surface area contributed by atoms with E-state index >= 15 is 0 Å². The number of hydrogen-bond donors (Lipinski definition) is 1.